The molecule has 3 aliphatic rings. The van der Waals surface area contributed by atoms with Crippen molar-refractivity contribution in [1.29, 1.82) is 0 Å². The Morgan fingerprint density at radius 2 is 2.00 bits per heavy atom. The van der Waals surface area contributed by atoms with Gasteiger partial charge in [-0.05, 0) is 31.7 Å². The average Bonchev–Trinajstić information content (AvgIpc) is 3.16. The van der Waals surface area contributed by atoms with Gasteiger partial charge < -0.3 is 52.3 Å². The number of hydrogen-bond donors (Lipinski definition) is 0. The minimum atomic E-state index is -0.613. The van der Waals surface area contributed by atoms with Crippen molar-refractivity contribution in [2.24, 2.45) is 5.11 Å². The summed E-state index contributed by atoms with van der Waals surface area (Å²) in [5.41, 5.74) is 10.5. The molecule has 1 saturated carbocycles. The van der Waals surface area contributed by atoms with Crippen molar-refractivity contribution in [2.75, 3.05) is 34.8 Å². The molecule has 10 nitrogen and oxygen atoms in total. The number of benzene rings is 1. The van der Waals surface area contributed by atoms with Crippen LogP contribution < -0.4 is 24.0 Å². The number of fused-ring (bicyclic) bond motifs is 1. The van der Waals surface area contributed by atoms with Crippen LogP contribution in [0.3, 0.4) is 0 Å². The summed E-state index contributed by atoms with van der Waals surface area (Å²) in [5, 5.41) is 4.00. The van der Waals surface area contributed by atoms with E-state index in [-0.39, 0.29) is 46.2 Å². The number of alkyl halides is 1. The van der Waals surface area contributed by atoms with Crippen LogP contribution in [-0.2, 0) is 18.9 Å². The first-order valence-electron chi connectivity index (χ1n) is 12.5. The second-order valence-corrected chi connectivity index (χ2v) is 12.2. The van der Waals surface area contributed by atoms with Crippen molar-refractivity contribution in [3.63, 3.8) is 0 Å². The SMILES string of the molecule is CO[C@H]1C[C@H](N=[N+]=[N-])[C@@H](O[C@H]2O[C@H](C[N+](C)(C)[C@H](C)c3ccccc3)CC[C@@H]2I)[C@@H]2OC(=O)N(C)[C@@H]21.[I-]. The summed E-state index contributed by atoms with van der Waals surface area (Å²) in [4.78, 5) is 17.0. The summed E-state index contributed by atoms with van der Waals surface area (Å²) in [6.07, 6.45) is -0.109. The van der Waals surface area contributed by atoms with Crippen LogP contribution in [0.15, 0.2) is 35.4 Å². The molecule has 1 aromatic rings. The Bertz CT molecular complexity index is 966. The molecule has 9 atom stereocenters. The summed E-state index contributed by atoms with van der Waals surface area (Å²) in [5.74, 6) is 0. The minimum Gasteiger partial charge on any atom is -1.00 e. The van der Waals surface area contributed by atoms with Crippen LogP contribution >= 0.6 is 22.6 Å². The Balaban J connectivity index is 0.00000380. The highest BCUT2D eigenvalue weighted by atomic mass is 127. The molecule has 0 radical (unpaired) electrons. The van der Waals surface area contributed by atoms with Gasteiger partial charge in [-0.1, -0.05) is 58.0 Å². The van der Waals surface area contributed by atoms with Gasteiger partial charge in [0, 0.05) is 24.6 Å². The van der Waals surface area contributed by atoms with Crippen molar-refractivity contribution >= 4 is 28.7 Å². The lowest BCUT2D eigenvalue weighted by atomic mass is 9.83. The zero-order valence-electron chi connectivity index (χ0n) is 21.9. The summed E-state index contributed by atoms with van der Waals surface area (Å²) in [6.45, 7) is 3.08. The van der Waals surface area contributed by atoms with Gasteiger partial charge in [0.1, 0.15) is 30.8 Å². The minimum absolute atomic E-state index is 0. The highest BCUT2D eigenvalue weighted by Gasteiger charge is 2.56. The molecule has 0 spiro atoms. The Labute approximate surface area is 249 Å². The molecule has 206 valence electrons. The van der Waals surface area contributed by atoms with Crippen LogP contribution in [-0.4, -0.2) is 97.0 Å². The number of quaternary nitrogens is 1. The Hall–Kier alpha value is -0.900. The number of nitrogens with zero attached hydrogens (tertiary/aromatic N) is 5. The quantitative estimate of drug-likeness (QED) is 0.100. The van der Waals surface area contributed by atoms with E-state index in [1.807, 2.05) is 6.07 Å². The lowest BCUT2D eigenvalue weighted by Crippen LogP contribution is -3.00. The molecule has 37 heavy (non-hydrogen) atoms. The molecule has 2 saturated heterocycles. The van der Waals surface area contributed by atoms with Gasteiger partial charge in [-0.3, -0.25) is 0 Å². The van der Waals surface area contributed by atoms with Gasteiger partial charge >= 0.3 is 6.09 Å². The summed E-state index contributed by atoms with van der Waals surface area (Å²) < 4.78 is 25.3. The van der Waals surface area contributed by atoms with Crippen LogP contribution in [0, 0.1) is 0 Å². The molecule has 0 bridgehead atoms. The van der Waals surface area contributed by atoms with E-state index < -0.39 is 30.6 Å². The molecule has 1 amide bonds. The molecule has 0 N–H and O–H groups in total. The second kappa shape index (κ2) is 13.0. The average molecular weight is 741 g/mol. The maximum Gasteiger partial charge on any atom is 0.410 e. The van der Waals surface area contributed by atoms with E-state index in [1.165, 1.54) is 5.56 Å². The number of rotatable bonds is 8. The lowest BCUT2D eigenvalue weighted by Gasteiger charge is -2.45. The van der Waals surface area contributed by atoms with E-state index in [1.54, 1.807) is 19.1 Å². The molecular formula is C25H37I2N5O5. The van der Waals surface area contributed by atoms with Gasteiger partial charge in [0.25, 0.3) is 0 Å². The number of amides is 1. The van der Waals surface area contributed by atoms with Gasteiger partial charge in [-0.2, -0.15) is 0 Å². The van der Waals surface area contributed by atoms with Crippen LogP contribution in [0.4, 0.5) is 4.79 Å². The Morgan fingerprint density at radius 1 is 1.30 bits per heavy atom. The molecule has 1 aromatic carbocycles. The van der Waals surface area contributed by atoms with Crippen LogP contribution in [0.2, 0.25) is 0 Å². The van der Waals surface area contributed by atoms with E-state index in [9.17, 15) is 10.3 Å². The standard InChI is InChI=1S/C25H37IN5O5.HI/c1-15(16-9-7-6-8-10-16)31(3,4)14-17-11-12-18(26)24(34-17)35-22-19(28-29-27)13-20(33-5)21-23(22)36-25(32)30(21)2;/h6-10,15,17-24H,11-14H2,1-5H3;1H/q+1;/p-1/t15-,17+,18+,19+,20+,21-,22-,23-,24-;/m1./s1. The third-order valence-electron chi connectivity index (χ3n) is 8.05. The number of carbonyl (C=O) groups is 1. The molecule has 0 aromatic heterocycles. The van der Waals surface area contributed by atoms with Crippen molar-refractivity contribution in [3.8, 4) is 0 Å². The third-order valence-corrected chi connectivity index (χ3v) is 9.26. The molecule has 4 rings (SSSR count). The van der Waals surface area contributed by atoms with Crippen LogP contribution in [0.5, 0.6) is 0 Å². The number of likely N-dealkylation sites (N-methyl/N-ethyl adjacent to an activating group) is 2. The van der Waals surface area contributed by atoms with Crippen molar-refractivity contribution in [1.82, 2.24) is 4.90 Å². The Morgan fingerprint density at radius 3 is 2.65 bits per heavy atom. The predicted octanol–water partition coefficient (Wildman–Crippen LogP) is 1.44. The maximum atomic E-state index is 12.4. The molecule has 0 unspecified atom stereocenters. The van der Waals surface area contributed by atoms with Gasteiger partial charge in [-0.15, -0.1) is 0 Å². The normalized spacial score (nSPS) is 34.5. The first-order valence-corrected chi connectivity index (χ1v) is 13.7. The monoisotopic (exact) mass is 741 g/mol. The molecule has 12 heteroatoms. The molecule has 3 fully saturated rings. The zero-order valence-corrected chi connectivity index (χ0v) is 26.3. The fourth-order valence-electron chi connectivity index (χ4n) is 5.70. The van der Waals surface area contributed by atoms with Gasteiger partial charge in [0.2, 0.25) is 0 Å². The van der Waals surface area contributed by atoms with E-state index in [2.05, 4.69) is 77.9 Å². The second-order valence-electron chi connectivity index (χ2n) is 10.6. The number of ether oxygens (including phenoxy) is 4. The van der Waals surface area contributed by atoms with E-state index in [0.717, 1.165) is 23.9 Å². The summed E-state index contributed by atoms with van der Waals surface area (Å²) in [7, 11) is 7.76. The number of azide groups is 1. The van der Waals surface area contributed by atoms with Crippen molar-refractivity contribution < 1.29 is 52.2 Å². The van der Waals surface area contributed by atoms with Gasteiger partial charge in [0.05, 0.1) is 30.2 Å². The van der Waals surface area contributed by atoms with Crippen LogP contribution in [0.1, 0.15) is 37.8 Å². The highest BCUT2D eigenvalue weighted by Crippen LogP contribution is 2.39. The zero-order chi connectivity index (χ0) is 26.0. The number of hydrogen-bond acceptors (Lipinski definition) is 6. The van der Waals surface area contributed by atoms with Crippen LogP contribution in [0.25, 0.3) is 10.4 Å². The van der Waals surface area contributed by atoms with E-state index >= 15 is 0 Å². The maximum absolute atomic E-state index is 12.4. The molecule has 2 aliphatic heterocycles. The lowest BCUT2D eigenvalue weighted by molar-refractivity contribution is -0.922. The predicted molar refractivity (Wildman–Crippen MR) is 143 cm³/mol. The van der Waals surface area contributed by atoms with E-state index in [0.29, 0.717) is 12.5 Å². The first-order chi connectivity index (χ1) is 17.2. The fraction of sp³-hybridized carbons (Fsp3) is 0.720. The highest BCUT2D eigenvalue weighted by molar-refractivity contribution is 14.1. The topological polar surface area (TPSA) is 106 Å². The summed E-state index contributed by atoms with van der Waals surface area (Å²) in [6, 6.07) is 9.99. The number of carbonyl (C=O) groups excluding carboxylic acids is 1. The number of halogens is 2. The van der Waals surface area contributed by atoms with Crippen molar-refractivity contribution in [3.05, 3.63) is 46.3 Å². The Kier molecular flexibility index (Phi) is 10.7. The first kappa shape index (κ1) is 30.6. The summed E-state index contributed by atoms with van der Waals surface area (Å²) >= 11 is 2.37. The fourth-order valence-corrected chi connectivity index (χ4v) is 6.39. The largest absolute Gasteiger partial charge is 1.00 e. The van der Waals surface area contributed by atoms with Gasteiger partial charge in [0.15, 0.2) is 12.4 Å². The van der Waals surface area contributed by atoms with Crippen molar-refractivity contribution in [2.45, 2.75) is 78.9 Å². The molecule has 1 aliphatic carbocycles. The van der Waals surface area contributed by atoms with E-state index in [4.69, 9.17) is 18.9 Å². The van der Waals surface area contributed by atoms with Gasteiger partial charge in [-0.25, -0.2) is 4.79 Å². The number of methoxy groups -OCH3 is 1. The molecular weight excluding hydrogens is 704 g/mol. The molecule has 2 heterocycles. The smallest absolute Gasteiger partial charge is 0.410 e. The third kappa shape index (κ3) is 6.64.